The van der Waals surface area contributed by atoms with E-state index < -0.39 is 0 Å². The van der Waals surface area contributed by atoms with Crippen LogP contribution < -0.4 is 5.73 Å². The van der Waals surface area contributed by atoms with Crippen LogP contribution in [-0.2, 0) is 5.41 Å². The Kier molecular flexibility index (Phi) is 4.63. The Balaban J connectivity index is 2.94. The molecule has 0 aliphatic rings. The second-order valence-corrected chi connectivity index (χ2v) is 5.46. The van der Waals surface area contributed by atoms with E-state index in [1.165, 1.54) is 12.0 Å². The van der Waals surface area contributed by atoms with E-state index in [1.54, 1.807) is 0 Å². The molecule has 0 aliphatic carbocycles. The maximum atomic E-state index is 5.94. The first-order valence-electron chi connectivity index (χ1n) is 6.34. The lowest BCUT2D eigenvalue weighted by Crippen LogP contribution is -2.11. The highest BCUT2D eigenvalue weighted by molar-refractivity contribution is 5.57. The maximum Gasteiger partial charge on any atom is 0.0477 e. The molecule has 1 heteroatoms. The van der Waals surface area contributed by atoms with E-state index in [4.69, 9.17) is 5.73 Å². The molecule has 0 radical (unpaired) electrons. The molecule has 0 spiro atoms. The summed E-state index contributed by atoms with van der Waals surface area (Å²) < 4.78 is 0. The molecule has 0 heterocycles. The largest absolute Gasteiger partial charge is 0.398 e. The van der Waals surface area contributed by atoms with Crippen LogP contribution in [0.4, 0.5) is 5.69 Å². The van der Waals surface area contributed by atoms with E-state index in [2.05, 4.69) is 51.7 Å². The summed E-state index contributed by atoms with van der Waals surface area (Å²) >= 11 is 0. The molecule has 1 aromatic carbocycles. The number of nitrogens with two attached hydrogens (primary N) is 1. The van der Waals surface area contributed by atoms with Crippen molar-refractivity contribution in [1.82, 2.24) is 0 Å². The first-order valence-corrected chi connectivity index (χ1v) is 6.34. The van der Waals surface area contributed by atoms with Crippen LogP contribution in [0.3, 0.4) is 0 Å². The lowest BCUT2D eigenvalue weighted by Gasteiger charge is -2.19. The summed E-state index contributed by atoms with van der Waals surface area (Å²) in [4.78, 5) is 0. The summed E-state index contributed by atoms with van der Waals surface area (Å²) in [7, 11) is 0. The Bertz CT molecular complexity index is 427. The molecule has 1 nitrogen and oxygen atoms in total. The summed E-state index contributed by atoms with van der Waals surface area (Å²) in [6, 6.07) is 6.17. The Morgan fingerprint density at radius 1 is 1.24 bits per heavy atom. The van der Waals surface area contributed by atoms with Crippen molar-refractivity contribution in [2.24, 2.45) is 0 Å². The van der Waals surface area contributed by atoms with Gasteiger partial charge >= 0.3 is 0 Å². The number of hydrogen-bond donors (Lipinski definition) is 1. The van der Waals surface area contributed by atoms with Crippen LogP contribution in [-0.4, -0.2) is 0 Å². The number of rotatable bonds is 2. The SMILES string of the molecule is CCCCC#Cc1cc(C(C)(C)C)ccc1N. The molecule has 0 bridgehead atoms. The summed E-state index contributed by atoms with van der Waals surface area (Å²) in [5.41, 5.74) is 9.12. The molecule has 0 aliphatic heterocycles. The molecule has 0 saturated carbocycles. The van der Waals surface area contributed by atoms with Crippen LogP contribution >= 0.6 is 0 Å². The minimum atomic E-state index is 0.146. The molecule has 17 heavy (non-hydrogen) atoms. The lowest BCUT2D eigenvalue weighted by atomic mass is 9.86. The van der Waals surface area contributed by atoms with Crippen LogP contribution in [0.1, 0.15) is 58.1 Å². The van der Waals surface area contributed by atoms with E-state index >= 15 is 0 Å². The maximum absolute atomic E-state index is 5.94. The molecule has 0 fully saturated rings. The van der Waals surface area contributed by atoms with Crippen molar-refractivity contribution in [2.75, 3.05) is 5.73 Å². The summed E-state index contributed by atoms with van der Waals surface area (Å²) in [5, 5.41) is 0. The normalized spacial score (nSPS) is 10.8. The molecular formula is C16H23N. The molecule has 0 amide bonds. The molecular weight excluding hydrogens is 206 g/mol. The second-order valence-electron chi connectivity index (χ2n) is 5.46. The van der Waals surface area contributed by atoms with Gasteiger partial charge < -0.3 is 5.73 Å². The Morgan fingerprint density at radius 2 is 1.94 bits per heavy atom. The van der Waals surface area contributed by atoms with Gasteiger partial charge in [-0.2, -0.15) is 0 Å². The molecule has 0 unspecified atom stereocenters. The van der Waals surface area contributed by atoms with Crippen LogP contribution in [0, 0.1) is 11.8 Å². The smallest absolute Gasteiger partial charge is 0.0477 e. The predicted molar refractivity (Wildman–Crippen MR) is 76.0 cm³/mol. The van der Waals surface area contributed by atoms with Crippen molar-refractivity contribution in [1.29, 1.82) is 0 Å². The minimum absolute atomic E-state index is 0.146. The van der Waals surface area contributed by atoms with Gasteiger partial charge in [-0.3, -0.25) is 0 Å². The molecule has 0 atom stereocenters. The third kappa shape index (κ3) is 4.15. The first-order chi connectivity index (χ1) is 7.95. The Labute approximate surface area is 105 Å². The zero-order chi connectivity index (χ0) is 12.9. The van der Waals surface area contributed by atoms with Crippen molar-refractivity contribution in [2.45, 2.75) is 52.4 Å². The van der Waals surface area contributed by atoms with Gasteiger partial charge in [0.05, 0.1) is 0 Å². The van der Waals surface area contributed by atoms with Crippen LogP contribution in [0.25, 0.3) is 0 Å². The van der Waals surface area contributed by atoms with E-state index in [9.17, 15) is 0 Å². The first kappa shape index (κ1) is 13.6. The standard InChI is InChI=1S/C16H23N/c1-5-6-7-8-9-13-12-14(16(2,3)4)10-11-15(13)17/h10-12H,5-7,17H2,1-4H3. The zero-order valence-corrected chi connectivity index (χ0v) is 11.4. The molecule has 2 N–H and O–H groups in total. The van der Waals surface area contributed by atoms with Crippen molar-refractivity contribution >= 4 is 5.69 Å². The third-order valence-electron chi connectivity index (χ3n) is 2.80. The fraction of sp³-hybridized carbons (Fsp3) is 0.500. The average molecular weight is 229 g/mol. The van der Waals surface area contributed by atoms with Crippen molar-refractivity contribution in [3.8, 4) is 11.8 Å². The number of hydrogen-bond acceptors (Lipinski definition) is 1. The van der Waals surface area contributed by atoms with Gasteiger partial charge in [0.25, 0.3) is 0 Å². The number of benzene rings is 1. The minimum Gasteiger partial charge on any atom is -0.398 e. The highest BCUT2D eigenvalue weighted by Crippen LogP contribution is 2.25. The van der Waals surface area contributed by atoms with E-state index in [0.29, 0.717) is 0 Å². The second kappa shape index (κ2) is 5.77. The van der Waals surface area contributed by atoms with E-state index in [1.807, 2.05) is 6.07 Å². The lowest BCUT2D eigenvalue weighted by molar-refractivity contribution is 0.590. The predicted octanol–water partition coefficient (Wildman–Crippen LogP) is 4.11. The molecule has 1 rings (SSSR count). The van der Waals surface area contributed by atoms with Gasteiger partial charge in [0.15, 0.2) is 0 Å². The fourth-order valence-electron chi connectivity index (χ4n) is 1.55. The van der Waals surface area contributed by atoms with Crippen molar-refractivity contribution in [3.63, 3.8) is 0 Å². The van der Waals surface area contributed by atoms with E-state index in [-0.39, 0.29) is 5.41 Å². The van der Waals surface area contributed by atoms with Crippen molar-refractivity contribution in [3.05, 3.63) is 29.3 Å². The van der Waals surface area contributed by atoms with Gasteiger partial charge in [-0.25, -0.2) is 0 Å². The summed E-state index contributed by atoms with van der Waals surface area (Å²) in [5.74, 6) is 6.38. The topological polar surface area (TPSA) is 26.0 Å². The van der Waals surface area contributed by atoms with Gasteiger partial charge in [0.1, 0.15) is 0 Å². The van der Waals surface area contributed by atoms with Crippen LogP contribution in [0.2, 0.25) is 0 Å². The highest BCUT2D eigenvalue weighted by atomic mass is 14.6. The average Bonchev–Trinajstić information content (AvgIpc) is 2.25. The fourth-order valence-corrected chi connectivity index (χ4v) is 1.55. The van der Waals surface area contributed by atoms with Gasteiger partial charge in [0.2, 0.25) is 0 Å². The monoisotopic (exact) mass is 229 g/mol. The van der Waals surface area contributed by atoms with E-state index in [0.717, 1.165) is 24.1 Å². The summed E-state index contributed by atoms with van der Waals surface area (Å²) in [6.45, 7) is 8.78. The molecule has 92 valence electrons. The van der Waals surface area contributed by atoms with Gasteiger partial charge in [-0.15, -0.1) is 0 Å². The molecule has 0 aromatic heterocycles. The number of nitrogen functional groups attached to an aromatic ring is 1. The van der Waals surface area contributed by atoms with Gasteiger partial charge in [-0.05, 0) is 29.5 Å². The van der Waals surface area contributed by atoms with Crippen LogP contribution in [0.5, 0.6) is 0 Å². The number of anilines is 1. The third-order valence-corrected chi connectivity index (χ3v) is 2.80. The Morgan fingerprint density at radius 3 is 2.53 bits per heavy atom. The Hall–Kier alpha value is -1.42. The van der Waals surface area contributed by atoms with Crippen LogP contribution in [0.15, 0.2) is 18.2 Å². The summed E-state index contributed by atoms with van der Waals surface area (Å²) in [6.07, 6.45) is 3.30. The number of unbranched alkanes of at least 4 members (excludes halogenated alkanes) is 2. The molecule has 0 saturated heterocycles. The van der Waals surface area contributed by atoms with Crippen molar-refractivity contribution < 1.29 is 0 Å². The highest BCUT2D eigenvalue weighted by Gasteiger charge is 2.14. The van der Waals surface area contributed by atoms with Gasteiger partial charge in [-0.1, -0.05) is 52.0 Å². The van der Waals surface area contributed by atoms with Gasteiger partial charge in [0, 0.05) is 17.7 Å². The quantitative estimate of drug-likeness (QED) is 0.461. The zero-order valence-electron chi connectivity index (χ0n) is 11.4. The molecule has 1 aromatic rings.